The van der Waals surface area contributed by atoms with Gasteiger partial charge in [0.15, 0.2) is 5.78 Å². The third-order valence-electron chi connectivity index (χ3n) is 8.63. The summed E-state index contributed by atoms with van der Waals surface area (Å²) in [5.74, 6) is -1.60. The minimum Gasteiger partial charge on any atom is -0.298 e. The maximum atomic E-state index is 14.2. The lowest BCUT2D eigenvalue weighted by Gasteiger charge is -2.20. The molecule has 3 unspecified atom stereocenters. The van der Waals surface area contributed by atoms with E-state index in [1.165, 1.54) is 23.1 Å². The average molecular weight is 574 g/mol. The van der Waals surface area contributed by atoms with Crippen LogP contribution in [0.5, 0.6) is 0 Å². The Bertz CT molecular complexity index is 1710. The number of benzene rings is 1. The van der Waals surface area contributed by atoms with E-state index in [9.17, 15) is 22.4 Å². The summed E-state index contributed by atoms with van der Waals surface area (Å²) in [6.07, 6.45) is 9.29. The van der Waals surface area contributed by atoms with Gasteiger partial charge in [-0.2, -0.15) is 5.10 Å². The van der Waals surface area contributed by atoms with Crippen LogP contribution in [0, 0.1) is 17.6 Å². The second kappa shape index (κ2) is 10.6. The molecule has 0 amide bonds. The number of allylic oxidation sites excluding steroid dienone is 1. The van der Waals surface area contributed by atoms with Crippen LogP contribution in [0.4, 0.5) is 17.6 Å². The largest absolute Gasteiger partial charge is 0.298 e. The van der Waals surface area contributed by atoms with E-state index in [-0.39, 0.29) is 36.8 Å². The standard InChI is InChI=1S/C32H27F4N5O/c33-22-7-17(8-23(34)12-22)6-20(29-27(14-37-16-39-29)21-9-19-2-1-3-28(19)38-13-21)10-24(42)15-41-31-25(30(40-41)32(35)36)5-4-18-11-26(18)31/h1-2,7-9,12-14,16,18,20,26,32H,3-6,10-11,15H2. The average Bonchev–Trinajstić information content (AvgIpc) is 3.43. The highest BCUT2D eigenvalue weighted by Crippen LogP contribution is 2.55. The van der Waals surface area contributed by atoms with Gasteiger partial charge in [-0.25, -0.2) is 27.5 Å². The number of rotatable bonds is 9. The summed E-state index contributed by atoms with van der Waals surface area (Å²) in [5, 5.41) is 4.20. The number of ketones is 1. The van der Waals surface area contributed by atoms with Crippen molar-refractivity contribution in [2.24, 2.45) is 5.92 Å². The molecule has 0 bridgehead atoms. The fraction of sp³-hybridized carbons (Fsp3) is 0.344. The molecule has 10 heteroatoms. The van der Waals surface area contributed by atoms with E-state index in [2.05, 4.69) is 20.1 Å². The summed E-state index contributed by atoms with van der Waals surface area (Å²) in [6.45, 7) is -0.155. The predicted molar refractivity (Wildman–Crippen MR) is 147 cm³/mol. The number of Topliss-reactive ketones (excluding diaryl/α,β-unsaturated/α-hetero) is 1. The van der Waals surface area contributed by atoms with Crippen molar-refractivity contribution in [1.82, 2.24) is 24.7 Å². The van der Waals surface area contributed by atoms with Crippen LogP contribution in [0.15, 0.2) is 49.1 Å². The molecule has 7 rings (SSSR count). The molecule has 3 aromatic heterocycles. The molecule has 42 heavy (non-hydrogen) atoms. The number of carbonyl (C=O) groups is 1. The normalized spacial score (nSPS) is 19.0. The highest BCUT2D eigenvalue weighted by atomic mass is 19.3. The van der Waals surface area contributed by atoms with E-state index >= 15 is 0 Å². The van der Waals surface area contributed by atoms with Crippen molar-refractivity contribution < 1.29 is 22.4 Å². The highest BCUT2D eigenvalue weighted by Gasteiger charge is 2.46. The molecule has 1 fully saturated rings. The van der Waals surface area contributed by atoms with Crippen molar-refractivity contribution >= 4 is 11.9 Å². The number of halogens is 4. The smallest absolute Gasteiger partial charge is 0.282 e. The Labute approximate surface area is 239 Å². The fourth-order valence-corrected chi connectivity index (χ4v) is 6.67. The van der Waals surface area contributed by atoms with Crippen LogP contribution in [0.25, 0.3) is 17.2 Å². The van der Waals surface area contributed by atoms with Crippen LogP contribution >= 0.6 is 0 Å². The molecule has 3 atom stereocenters. The summed E-state index contributed by atoms with van der Waals surface area (Å²) in [7, 11) is 0. The number of aromatic nitrogens is 5. The monoisotopic (exact) mass is 573 g/mol. The Kier molecular flexibility index (Phi) is 6.71. The summed E-state index contributed by atoms with van der Waals surface area (Å²) in [6, 6.07) is 5.28. The molecule has 3 aliphatic carbocycles. The van der Waals surface area contributed by atoms with Crippen molar-refractivity contribution in [1.29, 1.82) is 0 Å². The number of nitrogens with zero attached hydrogens (tertiary/aromatic N) is 5. The molecule has 0 radical (unpaired) electrons. The Morgan fingerprint density at radius 2 is 1.88 bits per heavy atom. The third kappa shape index (κ3) is 5.03. The van der Waals surface area contributed by atoms with E-state index in [0.717, 1.165) is 47.8 Å². The molecule has 0 aliphatic heterocycles. The van der Waals surface area contributed by atoms with E-state index < -0.39 is 24.0 Å². The van der Waals surface area contributed by atoms with Gasteiger partial charge in [0.25, 0.3) is 6.43 Å². The second-order valence-electron chi connectivity index (χ2n) is 11.5. The van der Waals surface area contributed by atoms with Crippen molar-refractivity contribution in [3.63, 3.8) is 0 Å². The Balaban J connectivity index is 1.23. The summed E-state index contributed by atoms with van der Waals surface area (Å²) < 4.78 is 57.4. The van der Waals surface area contributed by atoms with Gasteiger partial charge in [0, 0.05) is 65.5 Å². The van der Waals surface area contributed by atoms with Crippen LogP contribution in [0.2, 0.25) is 0 Å². The lowest BCUT2D eigenvalue weighted by molar-refractivity contribution is -0.120. The fourth-order valence-electron chi connectivity index (χ4n) is 6.67. The highest BCUT2D eigenvalue weighted by molar-refractivity contribution is 5.80. The molecule has 0 spiro atoms. The lowest BCUT2D eigenvalue weighted by atomic mass is 9.87. The zero-order valence-corrected chi connectivity index (χ0v) is 22.6. The van der Waals surface area contributed by atoms with Gasteiger partial charge in [-0.15, -0.1) is 0 Å². The molecule has 3 aliphatic rings. The van der Waals surface area contributed by atoms with Crippen LogP contribution in [0.1, 0.15) is 77.0 Å². The van der Waals surface area contributed by atoms with Crippen LogP contribution in [-0.2, 0) is 30.6 Å². The van der Waals surface area contributed by atoms with Gasteiger partial charge in [0.2, 0.25) is 0 Å². The number of carbonyl (C=O) groups excluding carboxylic acids is 1. The number of alkyl halides is 2. The number of hydrogen-bond acceptors (Lipinski definition) is 5. The number of hydrogen-bond donors (Lipinski definition) is 0. The molecule has 3 heterocycles. The zero-order chi connectivity index (χ0) is 29.0. The predicted octanol–water partition coefficient (Wildman–Crippen LogP) is 6.56. The first-order valence-electron chi connectivity index (χ1n) is 14.1. The molecule has 1 aromatic carbocycles. The van der Waals surface area contributed by atoms with Crippen molar-refractivity contribution in [3.05, 3.63) is 100 Å². The molecular weight excluding hydrogens is 546 g/mol. The second-order valence-corrected chi connectivity index (χ2v) is 11.5. The van der Waals surface area contributed by atoms with Gasteiger partial charge in [-0.1, -0.05) is 12.2 Å². The maximum absolute atomic E-state index is 14.2. The van der Waals surface area contributed by atoms with E-state index in [1.54, 1.807) is 12.4 Å². The first-order valence-corrected chi connectivity index (χ1v) is 14.1. The van der Waals surface area contributed by atoms with E-state index in [0.29, 0.717) is 34.7 Å². The van der Waals surface area contributed by atoms with Crippen molar-refractivity contribution in [3.8, 4) is 11.1 Å². The molecule has 1 saturated carbocycles. The maximum Gasteiger partial charge on any atom is 0.282 e. The first kappa shape index (κ1) is 26.7. The summed E-state index contributed by atoms with van der Waals surface area (Å²) in [5.41, 5.74) is 5.42. The molecule has 214 valence electrons. The molecule has 6 nitrogen and oxygen atoms in total. The van der Waals surface area contributed by atoms with Crippen LogP contribution < -0.4 is 0 Å². The van der Waals surface area contributed by atoms with E-state index in [1.807, 2.05) is 18.2 Å². The summed E-state index contributed by atoms with van der Waals surface area (Å²) in [4.78, 5) is 27.0. The van der Waals surface area contributed by atoms with Gasteiger partial charge in [-0.3, -0.25) is 14.5 Å². The number of fused-ring (bicyclic) bond motifs is 4. The van der Waals surface area contributed by atoms with Crippen LogP contribution in [-0.4, -0.2) is 30.5 Å². The van der Waals surface area contributed by atoms with Crippen molar-refractivity contribution in [2.45, 2.75) is 63.3 Å². The van der Waals surface area contributed by atoms with Gasteiger partial charge in [0.05, 0.1) is 17.9 Å². The van der Waals surface area contributed by atoms with Crippen molar-refractivity contribution in [2.75, 3.05) is 0 Å². The Morgan fingerprint density at radius 3 is 2.69 bits per heavy atom. The quantitative estimate of drug-likeness (QED) is 0.212. The topological polar surface area (TPSA) is 73.6 Å². The first-order chi connectivity index (χ1) is 20.3. The molecule has 0 saturated heterocycles. The van der Waals surface area contributed by atoms with E-state index in [4.69, 9.17) is 0 Å². The molecule has 0 N–H and O–H groups in total. The van der Waals surface area contributed by atoms with Gasteiger partial charge < -0.3 is 0 Å². The van der Waals surface area contributed by atoms with Crippen LogP contribution in [0.3, 0.4) is 0 Å². The number of pyridine rings is 1. The van der Waals surface area contributed by atoms with Gasteiger partial charge in [-0.05, 0) is 60.9 Å². The Hall–Kier alpha value is -4.21. The molecular formula is C32H27F4N5O. The lowest BCUT2D eigenvalue weighted by Crippen LogP contribution is -2.19. The minimum absolute atomic E-state index is 0.0346. The van der Waals surface area contributed by atoms with Gasteiger partial charge in [0.1, 0.15) is 23.7 Å². The third-order valence-corrected chi connectivity index (χ3v) is 8.63. The minimum atomic E-state index is -2.71. The summed E-state index contributed by atoms with van der Waals surface area (Å²) >= 11 is 0. The zero-order valence-electron chi connectivity index (χ0n) is 22.6. The van der Waals surface area contributed by atoms with Gasteiger partial charge >= 0.3 is 0 Å². The molecule has 4 aromatic rings. The Morgan fingerprint density at radius 1 is 1.05 bits per heavy atom. The SMILES string of the molecule is O=C(CC(Cc1cc(F)cc(F)c1)c1ncncc1-c1cnc2c(c1)C=CC2)Cn1nc(C(F)F)c2c1C1CC1CC2.